The Morgan fingerprint density at radius 3 is 2.55 bits per heavy atom. The number of hydrogen-bond acceptors (Lipinski definition) is 3. The molecule has 0 saturated carbocycles. The van der Waals surface area contributed by atoms with Gasteiger partial charge in [-0.2, -0.15) is 0 Å². The Bertz CT molecular complexity index is 361. The number of ether oxygens (including phenoxy) is 1. The standard InChI is InChI=1S/C14H26N2O4/c1-5-14(12(17)18)8-7-9-16(14)13(19)15(6-2)11(3)10-20-4/h11H,5-10H2,1-4H3,(H,17,18). The van der Waals surface area contributed by atoms with Crippen molar-refractivity contribution in [3.63, 3.8) is 0 Å². The Labute approximate surface area is 120 Å². The summed E-state index contributed by atoms with van der Waals surface area (Å²) >= 11 is 0. The molecule has 1 aliphatic heterocycles. The molecule has 0 bridgehead atoms. The van der Waals surface area contributed by atoms with Crippen molar-refractivity contribution in [3.05, 3.63) is 0 Å². The Kier molecular flexibility index (Phi) is 5.80. The van der Waals surface area contributed by atoms with Gasteiger partial charge in [0.1, 0.15) is 5.54 Å². The van der Waals surface area contributed by atoms with Gasteiger partial charge in [0, 0.05) is 20.2 Å². The maximum atomic E-state index is 12.7. The molecule has 1 fully saturated rings. The number of hydrogen-bond donors (Lipinski definition) is 1. The lowest BCUT2D eigenvalue weighted by molar-refractivity contribution is -0.148. The number of urea groups is 1. The molecule has 1 N–H and O–H groups in total. The van der Waals surface area contributed by atoms with Crippen LogP contribution in [0.1, 0.15) is 40.0 Å². The van der Waals surface area contributed by atoms with Gasteiger partial charge in [-0.05, 0) is 33.1 Å². The highest BCUT2D eigenvalue weighted by atomic mass is 16.5. The first-order valence-electron chi connectivity index (χ1n) is 7.25. The first kappa shape index (κ1) is 16.8. The average Bonchev–Trinajstić information content (AvgIpc) is 2.84. The number of carboxylic acid groups (broad SMARTS) is 1. The zero-order valence-corrected chi connectivity index (χ0v) is 12.9. The number of likely N-dealkylation sites (N-methyl/N-ethyl adjacent to an activating group) is 1. The summed E-state index contributed by atoms with van der Waals surface area (Å²) in [5.74, 6) is -0.902. The van der Waals surface area contributed by atoms with Crippen molar-refractivity contribution < 1.29 is 19.4 Å². The zero-order valence-electron chi connectivity index (χ0n) is 12.9. The average molecular weight is 286 g/mol. The summed E-state index contributed by atoms with van der Waals surface area (Å²) in [6, 6.07) is -0.264. The molecule has 0 radical (unpaired) electrons. The number of amides is 2. The number of nitrogens with zero attached hydrogens (tertiary/aromatic N) is 2. The number of likely N-dealkylation sites (tertiary alicyclic amines) is 1. The Morgan fingerprint density at radius 2 is 2.10 bits per heavy atom. The van der Waals surface area contributed by atoms with Crippen LogP contribution >= 0.6 is 0 Å². The molecule has 1 heterocycles. The molecular formula is C14H26N2O4. The van der Waals surface area contributed by atoms with E-state index < -0.39 is 11.5 Å². The fraction of sp³-hybridized carbons (Fsp3) is 0.857. The van der Waals surface area contributed by atoms with Crippen molar-refractivity contribution >= 4 is 12.0 Å². The molecule has 6 heteroatoms. The van der Waals surface area contributed by atoms with Gasteiger partial charge in [0.15, 0.2) is 0 Å². The second-order valence-electron chi connectivity index (χ2n) is 5.32. The lowest BCUT2D eigenvalue weighted by Crippen LogP contribution is -2.58. The van der Waals surface area contributed by atoms with Gasteiger partial charge in [-0.25, -0.2) is 9.59 Å². The molecule has 1 rings (SSSR count). The molecule has 116 valence electrons. The summed E-state index contributed by atoms with van der Waals surface area (Å²) in [6.07, 6.45) is 1.70. The quantitative estimate of drug-likeness (QED) is 0.808. The van der Waals surface area contributed by atoms with Gasteiger partial charge in [0.25, 0.3) is 0 Å². The largest absolute Gasteiger partial charge is 0.479 e. The third-order valence-corrected chi connectivity index (χ3v) is 4.23. The Hall–Kier alpha value is -1.30. The van der Waals surface area contributed by atoms with Crippen LogP contribution in [0.5, 0.6) is 0 Å². The second kappa shape index (κ2) is 6.92. The lowest BCUT2D eigenvalue weighted by Gasteiger charge is -2.39. The number of aliphatic carboxylic acids is 1. The fourth-order valence-corrected chi connectivity index (χ4v) is 3.02. The Morgan fingerprint density at radius 1 is 1.45 bits per heavy atom. The molecule has 1 saturated heterocycles. The second-order valence-corrected chi connectivity index (χ2v) is 5.32. The van der Waals surface area contributed by atoms with E-state index in [1.165, 1.54) is 4.90 Å². The van der Waals surface area contributed by atoms with E-state index in [0.29, 0.717) is 32.5 Å². The van der Waals surface area contributed by atoms with Crippen LogP contribution in [0.15, 0.2) is 0 Å². The van der Waals surface area contributed by atoms with Gasteiger partial charge in [0.05, 0.1) is 12.6 Å². The van der Waals surface area contributed by atoms with Crippen LogP contribution in [0, 0.1) is 0 Å². The van der Waals surface area contributed by atoms with E-state index in [2.05, 4.69) is 0 Å². The molecule has 0 spiro atoms. The number of carbonyl (C=O) groups is 2. The molecule has 2 atom stereocenters. The van der Waals surface area contributed by atoms with Gasteiger partial charge < -0.3 is 19.6 Å². The normalized spacial score (nSPS) is 23.7. The third-order valence-electron chi connectivity index (χ3n) is 4.23. The van der Waals surface area contributed by atoms with Crippen molar-refractivity contribution in [3.8, 4) is 0 Å². The summed E-state index contributed by atoms with van der Waals surface area (Å²) < 4.78 is 5.10. The van der Waals surface area contributed by atoms with Crippen molar-refractivity contribution in [1.82, 2.24) is 9.80 Å². The van der Waals surface area contributed by atoms with E-state index in [1.54, 1.807) is 12.0 Å². The Balaban J connectivity index is 2.96. The maximum Gasteiger partial charge on any atom is 0.329 e. The molecule has 2 amide bonds. The third kappa shape index (κ3) is 2.90. The molecule has 2 unspecified atom stereocenters. The van der Waals surface area contributed by atoms with Crippen LogP contribution in [0.4, 0.5) is 4.79 Å². The van der Waals surface area contributed by atoms with Crippen LogP contribution in [-0.4, -0.2) is 65.3 Å². The minimum atomic E-state index is -1.04. The molecular weight excluding hydrogens is 260 g/mol. The number of carbonyl (C=O) groups excluding carboxylic acids is 1. The SMILES string of the molecule is CCN(C(=O)N1CCCC1(CC)C(=O)O)C(C)COC. The van der Waals surface area contributed by atoms with Gasteiger partial charge in [-0.1, -0.05) is 6.92 Å². The van der Waals surface area contributed by atoms with Crippen molar-refractivity contribution in [1.29, 1.82) is 0 Å². The van der Waals surface area contributed by atoms with E-state index >= 15 is 0 Å². The topological polar surface area (TPSA) is 70.1 Å². The zero-order chi connectivity index (χ0) is 15.3. The van der Waals surface area contributed by atoms with Crippen molar-refractivity contribution in [2.45, 2.75) is 51.6 Å². The summed E-state index contributed by atoms with van der Waals surface area (Å²) in [7, 11) is 1.60. The van der Waals surface area contributed by atoms with E-state index in [4.69, 9.17) is 4.74 Å². The van der Waals surface area contributed by atoms with Crippen molar-refractivity contribution in [2.75, 3.05) is 26.8 Å². The van der Waals surface area contributed by atoms with Crippen LogP contribution in [0.25, 0.3) is 0 Å². The predicted molar refractivity (Wildman–Crippen MR) is 75.7 cm³/mol. The molecule has 1 aliphatic rings. The highest BCUT2D eigenvalue weighted by Gasteiger charge is 2.49. The first-order chi connectivity index (χ1) is 9.44. The van der Waals surface area contributed by atoms with Crippen LogP contribution in [0.3, 0.4) is 0 Å². The van der Waals surface area contributed by atoms with Crippen LogP contribution in [0.2, 0.25) is 0 Å². The molecule has 0 aromatic carbocycles. The van der Waals surface area contributed by atoms with Crippen LogP contribution < -0.4 is 0 Å². The maximum absolute atomic E-state index is 12.7. The summed E-state index contributed by atoms with van der Waals surface area (Å²) in [6.45, 7) is 7.13. The van der Waals surface area contributed by atoms with Gasteiger partial charge in [-0.3, -0.25) is 0 Å². The number of rotatable bonds is 6. The predicted octanol–water partition coefficient (Wildman–Crippen LogP) is 1.79. The fourth-order valence-electron chi connectivity index (χ4n) is 3.02. The number of methoxy groups -OCH3 is 1. The van der Waals surface area contributed by atoms with E-state index in [0.717, 1.165) is 6.42 Å². The van der Waals surface area contributed by atoms with Crippen molar-refractivity contribution in [2.24, 2.45) is 0 Å². The summed E-state index contributed by atoms with van der Waals surface area (Å²) in [4.78, 5) is 27.6. The number of carboxylic acids is 1. The summed E-state index contributed by atoms with van der Waals surface area (Å²) in [5, 5.41) is 9.54. The first-order valence-corrected chi connectivity index (χ1v) is 7.25. The van der Waals surface area contributed by atoms with Gasteiger partial charge >= 0.3 is 12.0 Å². The van der Waals surface area contributed by atoms with Gasteiger partial charge in [0.2, 0.25) is 0 Å². The highest BCUT2D eigenvalue weighted by molar-refractivity contribution is 5.87. The molecule has 0 aromatic heterocycles. The van der Waals surface area contributed by atoms with Crippen LogP contribution in [-0.2, 0) is 9.53 Å². The molecule has 0 aromatic rings. The molecule has 6 nitrogen and oxygen atoms in total. The smallest absolute Gasteiger partial charge is 0.329 e. The van der Waals surface area contributed by atoms with E-state index in [1.807, 2.05) is 20.8 Å². The molecule has 20 heavy (non-hydrogen) atoms. The lowest BCUT2D eigenvalue weighted by atomic mass is 9.93. The monoisotopic (exact) mass is 286 g/mol. The minimum Gasteiger partial charge on any atom is -0.479 e. The highest BCUT2D eigenvalue weighted by Crippen LogP contribution is 2.34. The van der Waals surface area contributed by atoms with E-state index in [9.17, 15) is 14.7 Å². The van der Waals surface area contributed by atoms with E-state index in [-0.39, 0.29) is 12.1 Å². The van der Waals surface area contributed by atoms with Gasteiger partial charge in [-0.15, -0.1) is 0 Å². The summed E-state index contributed by atoms with van der Waals surface area (Å²) in [5.41, 5.74) is -1.04. The molecule has 0 aliphatic carbocycles. The minimum absolute atomic E-state index is 0.0681.